The number of aliphatic imine (C=N–C) groups is 1. The number of benzene rings is 3. The molecule has 0 radical (unpaired) electrons. The van der Waals surface area contributed by atoms with Gasteiger partial charge in [0.1, 0.15) is 6.10 Å². The molecule has 0 heterocycles. The zero-order valence-corrected chi connectivity index (χ0v) is 18.9. The Morgan fingerprint density at radius 1 is 0.844 bits per heavy atom. The van der Waals surface area contributed by atoms with Crippen LogP contribution in [0.15, 0.2) is 77.8 Å². The van der Waals surface area contributed by atoms with E-state index in [-0.39, 0.29) is 0 Å². The monoisotopic (exact) mass is 427 g/mol. The smallest absolute Gasteiger partial charge is 0.143 e. The summed E-state index contributed by atoms with van der Waals surface area (Å²) < 4.78 is 0. The van der Waals surface area contributed by atoms with Crippen molar-refractivity contribution in [2.24, 2.45) is 10.9 Å². The van der Waals surface area contributed by atoms with E-state index in [2.05, 4.69) is 55.0 Å². The van der Waals surface area contributed by atoms with Crippen LogP contribution >= 0.6 is 0 Å². The largest absolute Gasteiger partial charge is 0.265 e. The van der Waals surface area contributed by atoms with Crippen LogP contribution in [0.2, 0.25) is 0 Å². The predicted molar refractivity (Wildman–Crippen MR) is 133 cm³/mol. The SMILES string of the molecule is C=Nc1ccc(-c2ccc(C(OO)c3ccc(C4CCC(CCC)CC4)cc3)cc2)cc1. The summed E-state index contributed by atoms with van der Waals surface area (Å²) in [6.45, 7) is 5.84. The van der Waals surface area contributed by atoms with Gasteiger partial charge in [-0.2, -0.15) is 0 Å². The van der Waals surface area contributed by atoms with Crippen molar-refractivity contribution in [1.82, 2.24) is 0 Å². The zero-order chi connectivity index (χ0) is 22.3. The van der Waals surface area contributed by atoms with E-state index in [1.807, 2.05) is 36.4 Å². The summed E-state index contributed by atoms with van der Waals surface area (Å²) in [5.74, 6) is 1.58. The van der Waals surface area contributed by atoms with Crippen LogP contribution in [-0.4, -0.2) is 12.0 Å². The molecule has 0 spiro atoms. The fourth-order valence-corrected chi connectivity index (χ4v) is 5.06. The van der Waals surface area contributed by atoms with Crippen molar-refractivity contribution in [3.05, 3.63) is 89.5 Å². The molecule has 1 atom stereocenters. The van der Waals surface area contributed by atoms with E-state index in [0.29, 0.717) is 5.92 Å². The second-order valence-electron chi connectivity index (χ2n) is 8.99. The zero-order valence-electron chi connectivity index (χ0n) is 18.9. The number of hydrogen-bond donors (Lipinski definition) is 1. The van der Waals surface area contributed by atoms with E-state index in [0.717, 1.165) is 33.9 Å². The topological polar surface area (TPSA) is 41.8 Å². The lowest BCUT2D eigenvalue weighted by molar-refractivity contribution is -0.270. The van der Waals surface area contributed by atoms with E-state index in [4.69, 9.17) is 4.89 Å². The van der Waals surface area contributed by atoms with Crippen molar-refractivity contribution in [3.8, 4) is 11.1 Å². The first-order chi connectivity index (χ1) is 15.7. The first-order valence-corrected chi connectivity index (χ1v) is 11.8. The molecule has 1 N–H and O–H groups in total. The highest BCUT2D eigenvalue weighted by molar-refractivity contribution is 5.66. The summed E-state index contributed by atoms with van der Waals surface area (Å²) in [5, 5.41) is 9.66. The first kappa shape index (κ1) is 22.4. The van der Waals surface area contributed by atoms with Gasteiger partial charge >= 0.3 is 0 Å². The summed E-state index contributed by atoms with van der Waals surface area (Å²) in [4.78, 5) is 8.84. The highest BCUT2D eigenvalue weighted by Crippen LogP contribution is 2.38. The van der Waals surface area contributed by atoms with Gasteiger partial charge in [-0.15, -0.1) is 0 Å². The Balaban J connectivity index is 1.44. The van der Waals surface area contributed by atoms with E-state index in [9.17, 15) is 5.26 Å². The van der Waals surface area contributed by atoms with Crippen molar-refractivity contribution in [3.63, 3.8) is 0 Å². The second-order valence-corrected chi connectivity index (χ2v) is 8.99. The molecule has 166 valence electrons. The van der Waals surface area contributed by atoms with Crippen LogP contribution < -0.4 is 0 Å². The number of nitrogens with zero attached hydrogens (tertiary/aromatic N) is 1. The Bertz CT molecular complexity index is 985. The van der Waals surface area contributed by atoms with Crippen molar-refractivity contribution < 1.29 is 10.1 Å². The molecule has 3 heteroatoms. The van der Waals surface area contributed by atoms with Crippen LogP contribution in [0.1, 0.15) is 74.2 Å². The maximum atomic E-state index is 9.66. The van der Waals surface area contributed by atoms with E-state index in [1.165, 1.54) is 44.1 Å². The molecule has 0 bridgehead atoms. The molecule has 1 aliphatic carbocycles. The molecule has 32 heavy (non-hydrogen) atoms. The molecular weight excluding hydrogens is 394 g/mol. The lowest BCUT2D eigenvalue weighted by atomic mass is 9.77. The molecule has 0 aliphatic heterocycles. The molecule has 3 aromatic rings. The van der Waals surface area contributed by atoms with Crippen molar-refractivity contribution in [2.75, 3.05) is 0 Å². The standard InChI is InChI=1S/C29H33NO2/c1-3-4-21-5-7-22(8-6-21)23-9-13-26(14-10-23)29(32-31)27-15-11-24(12-16-27)25-17-19-28(30-2)20-18-25/h9-22,29,31H,2-8H2,1H3. The maximum absolute atomic E-state index is 9.66. The van der Waals surface area contributed by atoms with Gasteiger partial charge in [-0.25, -0.2) is 4.89 Å². The van der Waals surface area contributed by atoms with Gasteiger partial charge in [-0.3, -0.25) is 10.2 Å². The average Bonchev–Trinajstić information content (AvgIpc) is 2.86. The second kappa shape index (κ2) is 10.7. The van der Waals surface area contributed by atoms with Gasteiger partial charge in [-0.1, -0.05) is 80.4 Å². The molecule has 0 saturated heterocycles. The molecule has 3 aromatic carbocycles. The van der Waals surface area contributed by atoms with Gasteiger partial charge in [0, 0.05) is 0 Å². The first-order valence-electron chi connectivity index (χ1n) is 11.8. The highest BCUT2D eigenvalue weighted by atomic mass is 17.1. The minimum atomic E-state index is -0.495. The fraction of sp³-hybridized carbons (Fsp3) is 0.345. The molecular formula is C29H33NO2. The van der Waals surface area contributed by atoms with Crippen LogP contribution in [-0.2, 0) is 4.89 Å². The molecule has 1 unspecified atom stereocenters. The minimum Gasteiger partial charge on any atom is -0.265 e. The Morgan fingerprint density at radius 2 is 1.38 bits per heavy atom. The minimum absolute atomic E-state index is 0.495. The molecule has 0 amide bonds. The Kier molecular flexibility index (Phi) is 7.51. The number of rotatable bonds is 8. The van der Waals surface area contributed by atoms with Gasteiger partial charge in [0.05, 0.1) is 5.69 Å². The Labute approximate surface area is 191 Å². The lowest BCUT2D eigenvalue weighted by Gasteiger charge is -2.28. The van der Waals surface area contributed by atoms with E-state index in [1.54, 1.807) is 0 Å². The van der Waals surface area contributed by atoms with Gasteiger partial charge in [0.2, 0.25) is 0 Å². The van der Waals surface area contributed by atoms with Gasteiger partial charge in [0.25, 0.3) is 0 Å². The quantitative estimate of drug-likeness (QED) is 0.223. The van der Waals surface area contributed by atoms with Crippen LogP contribution in [0.3, 0.4) is 0 Å². The Hall–Kier alpha value is -2.75. The van der Waals surface area contributed by atoms with E-state index < -0.39 is 6.10 Å². The third-order valence-corrected chi connectivity index (χ3v) is 6.96. The predicted octanol–water partition coefficient (Wildman–Crippen LogP) is 8.34. The third-order valence-electron chi connectivity index (χ3n) is 6.96. The van der Waals surface area contributed by atoms with Crippen molar-refractivity contribution >= 4 is 12.4 Å². The van der Waals surface area contributed by atoms with Crippen LogP contribution in [0.25, 0.3) is 11.1 Å². The number of hydrogen-bond acceptors (Lipinski definition) is 3. The fourth-order valence-electron chi connectivity index (χ4n) is 5.06. The molecule has 1 aliphatic rings. The normalized spacial score (nSPS) is 19.4. The highest BCUT2D eigenvalue weighted by Gasteiger charge is 2.22. The van der Waals surface area contributed by atoms with Crippen LogP contribution in [0.5, 0.6) is 0 Å². The Morgan fingerprint density at radius 3 is 1.88 bits per heavy atom. The van der Waals surface area contributed by atoms with Gasteiger partial charge < -0.3 is 0 Å². The summed E-state index contributed by atoms with van der Waals surface area (Å²) in [6, 6.07) is 24.7. The van der Waals surface area contributed by atoms with Crippen LogP contribution in [0.4, 0.5) is 5.69 Å². The van der Waals surface area contributed by atoms with Gasteiger partial charge in [0.15, 0.2) is 0 Å². The lowest BCUT2D eigenvalue weighted by Crippen LogP contribution is -2.13. The molecule has 1 saturated carbocycles. The van der Waals surface area contributed by atoms with Crippen molar-refractivity contribution in [1.29, 1.82) is 0 Å². The summed E-state index contributed by atoms with van der Waals surface area (Å²) >= 11 is 0. The average molecular weight is 428 g/mol. The third kappa shape index (κ3) is 5.17. The van der Waals surface area contributed by atoms with Gasteiger partial charge in [-0.05, 0) is 84.2 Å². The van der Waals surface area contributed by atoms with Crippen molar-refractivity contribution in [2.45, 2.75) is 57.5 Å². The molecule has 1 fully saturated rings. The summed E-state index contributed by atoms with van der Waals surface area (Å²) in [6.07, 6.45) is 7.45. The maximum Gasteiger partial charge on any atom is 0.143 e. The summed E-state index contributed by atoms with van der Waals surface area (Å²) in [5.41, 5.74) is 6.38. The summed E-state index contributed by atoms with van der Waals surface area (Å²) in [7, 11) is 0. The molecule has 3 nitrogen and oxygen atoms in total. The van der Waals surface area contributed by atoms with E-state index >= 15 is 0 Å². The van der Waals surface area contributed by atoms with Crippen LogP contribution in [0, 0.1) is 5.92 Å². The molecule has 4 rings (SSSR count). The molecule has 0 aromatic heterocycles.